The van der Waals surface area contributed by atoms with E-state index in [9.17, 15) is 5.11 Å². The van der Waals surface area contributed by atoms with Crippen molar-refractivity contribution in [3.63, 3.8) is 0 Å². The van der Waals surface area contributed by atoms with Crippen LogP contribution < -0.4 is 0 Å². The summed E-state index contributed by atoms with van der Waals surface area (Å²) in [7, 11) is 1.97. The van der Waals surface area contributed by atoms with E-state index in [0.29, 0.717) is 13.0 Å². The molecule has 0 bridgehead atoms. The second kappa shape index (κ2) is 5.77. The number of rotatable bonds is 4. The number of fused-ring (bicyclic) bond motifs is 1. The Hall–Kier alpha value is -1.65. The van der Waals surface area contributed by atoms with E-state index in [0.717, 1.165) is 24.2 Å². The average molecular weight is 272 g/mol. The summed E-state index contributed by atoms with van der Waals surface area (Å²) in [6.45, 7) is 0.682. The molecule has 1 aliphatic rings. The van der Waals surface area contributed by atoms with Crippen LogP contribution in [0.25, 0.3) is 0 Å². The van der Waals surface area contributed by atoms with Crippen LogP contribution in [0.1, 0.15) is 29.5 Å². The van der Waals surface area contributed by atoms with Gasteiger partial charge < -0.3 is 14.4 Å². The largest absolute Gasteiger partial charge is 0.390 e. The molecule has 1 aromatic carbocycles. The lowest BCUT2D eigenvalue weighted by atomic mass is 9.93. The number of aryl methyl sites for hydroxylation is 2. The first-order valence-electron chi connectivity index (χ1n) is 7.09. The van der Waals surface area contributed by atoms with E-state index in [4.69, 9.17) is 4.74 Å². The molecule has 0 radical (unpaired) electrons. The lowest BCUT2D eigenvalue weighted by molar-refractivity contribution is -0.0495. The highest BCUT2D eigenvalue weighted by Gasteiger charge is 2.27. The molecule has 4 nitrogen and oxygen atoms in total. The predicted octanol–water partition coefficient (Wildman–Crippen LogP) is 2.03. The number of aliphatic hydroxyl groups is 1. The molecule has 0 saturated carbocycles. The van der Waals surface area contributed by atoms with Crippen molar-refractivity contribution in [2.75, 3.05) is 6.61 Å². The lowest BCUT2D eigenvalue weighted by Crippen LogP contribution is -2.27. The third-order valence-corrected chi connectivity index (χ3v) is 3.96. The summed E-state index contributed by atoms with van der Waals surface area (Å²) < 4.78 is 7.78. The van der Waals surface area contributed by atoms with E-state index >= 15 is 0 Å². The van der Waals surface area contributed by atoms with Crippen molar-refractivity contribution in [3.8, 4) is 0 Å². The van der Waals surface area contributed by atoms with Gasteiger partial charge in [-0.1, -0.05) is 24.3 Å². The minimum atomic E-state index is -0.492. The van der Waals surface area contributed by atoms with Crippen molar-refractivity contribution in [2.24, 2.45) is 7.05 Å². The highest BCUT2D eigenvalue weighted by molar-refractivity contribution is 5.31. The Balaban J connectivity index is 1.69. The monoisotopic (exact) mass is 272 g/mol. The van der Waals surface area contributed by atoms with Gasteiger partial charge in [0.2, 0.25) is 0 Å². The standard InChI is InChI=1S/C16H20N2O2/c1-18-10-9-17-15(18)7-6-14(19)16-13-5-3-2-4-12(13)8-11-20-16/h2-5,9-10,14,16,19H,6-8,11H2,1H3. The molecule has 2 unspecified atom stereocenters. The number of nitrogens with zero attached hydrogens (tertiary/aromatic N) is 2. The summed E-state index contributed by atoms with van der Waals surface area (Å²) in [5, 5.41) is 10.4. The molecule has 4 heteroatoms. The molecule has 0 amide bonds. The number of imidazole rings is 1. The zero-order valence-corrected chi connectivity index (χ0v) is 11.7. The maximum Gasteiger partial charge on any atom is 0.109 e. The highest BCUT2D eigenvalue weighted by atomic mass is 16.5. The minimum Gasteiger partial charge on any atom is -0.390 e. The summed E-state index contributed by atoms with van der Waals surface area (Å²) in [5.74, 6) is 0.994. The fraction of sp³-hybridized carbons (Fsp3) is 0.438. The van der Waals surface area contributed by atoms with E-state index in [1.165, 1.54) is 5.56 Å². The van der Waals surface area contributed by atoms with Gasteiger partial charge in [0.1, 0.15) is 11.9 Å². The van der Waals surface area contributed by atoms with Gasteiger partial charge in [0, 0.05) is 25.9 Å². The van der Waals surface area contributed by atoms with E-state index in [2.05, 4.69) is 17.1 Å². The van der Waals surface area contributed by atoms with Crippen LogP contribution in [0, 0.1) is 0 Å². The lowest BCUT2D eigenvalue weighted by Gasteiger charge is -2.29. The third-order valence-electron chi connectivity index (χ3n) is 3.96. The van der Waals surface area contributed by atoms with Gasteiger partial charge in [-0.3, -0.25) is 0 Å². The summed E-state index contributed by atoms with van der Waals surface area (Å²) in [4.78, 5) is 4.29. The Morgan fingerprint density at radius 1 is 1.45 bits per heavy atom. The number of hydrogen-bond donors (Lipinski definition) is 1. The molecule has 3 rings (SSSR count). The average Bonchev–Trinajstić information content (AvgIpc) is 2.89. The highest BCUT2D eigenvalue weighted by Crippen LogP contribution is 2.31. The van der Waals surface area contributed by atoms with Crippen LogP contribution in [0.4, 0.5) is 0 Å². The Bertz CT molecular complexity index is 579. The molecule has 0 aliphatic carbocycles. The minimum absolute atomic E-state index is 0.208. The maximum absolute atomic E-state index is 10.4. The first kappa shape index (κ1) is 13.3. The molecule has 0 fully saturated rings. The van der Waals surface area contributed by atoms with Gasteiger partial charge in [-0.25, -0.2) is 4.98 Å². The zero-order valence-electron chi connectivity index (χ0n) is 11.7. The molecule has 0 spiro atoms. The predicted molar refractivity (Wildman–Crippen MR) is 76.4 cm³/mol. The number of aromatic nitrogens is 2. The Kier molecular flexibility index (Phi) is 3.85. The fourth-order valence-corrected chi connectivity index (χ4v) is 2.81. The first-order chi connectivity index (χ1) is 9.75. The quantitative estimate of drug-likeness (QED) is 0.926. The summed E-state index contributed by atoms with van der Waals surface area (Å²) in [6, 6.07) is 8.23. The van der Waals surface area contributed by atoms with Crippen LogP contribution in [0.3, 0.4) is 0 Å². The molecule has 0 saturated heterocycles. The van der Waals surface area contributed by atoms with Gasteiger partial charge in [0.25, 0.3) is 0 Å². The van der Waals surface area contributed by atoms with Crippen LogP contribution in [0.15, 0.2) is 36.7 Å². The van der Waals surface area contributed by atoms with E-state index < -0.39 is 6.10 Å². The topological polar surface area (TPSA) is 47.3 Å². The second-order valence-electron chi connectivity index (χ2n) is 5.30. The van der Waals surface area contributed by atoms with Crippen molar-refractivity contribution in [1.82, 2.24) is 9.55 Å². The van der Waals surface area contributed by atoms with Gasteiger partial charge in [-0.15, -0.1) is 0 Å². The molecule has 2 atom stereocenters. The maximum atomic E-state index is 10.4. The van der Waals surface area contributed by atoms with Crippen LogP contribution in [0.5, 0.6) is 0 Å². The second-order valence-corrected chi connectivity index (χ2v) is 5.30. The van der Waals surface area contributed by atoms with Crippen LogP contribution in [0.2, 0.25) is 0 Å². The van der Waals surface area contributed by atoms with Crippen molar-refractivity contribution < 1.29 is 9.84 Å². The number of aliphatic hydroxyl groups excluding tert-OH is 1. The van der Waals surface area contributed by atoms with E-state index in [1.807, 2.05) is 29.9 Å². The van der Waals surface area contributed by atoms with Crippen molar-refractivity contribution in [3.05, 3.63) is 53.6 Å². The van der Waals surface area contributed by atoms with Crippen LogP contribution >= 0.6 is 0 Å². The number of benzene rings is 1. The van der Waals surface area contributed by atoms with Crippen molar-refractivity contribution >= 4 is 0 Å². The van der Waals surface area contributed by atoms with Gasteiger partial charge in [-0.2, -0.15) is 0 Å². The Labute approximate surface area is 119 Å². The van der Waals surface area contributed by atoms with Gasteiger partial charge in [0.15, 0.2) is 0 Å². The molecule has 2 aromatic rings. The molecule has 20 heavy (non-hydrogen) atoms. The summed E-state index contributed by atoms with van der Waals surface area (Å²) in [5.41, 5.74) is 2.42. The number of ether oxygens (including phenoxy) is 1. The fourth-order valence-electron chi connectivity index (χ4n) is 2.81. The third kappa shape index (κ3) is 2.62. The van der Waals surface area contributed by atoms with E-state index in [1.54, 1.807) is 6.20 Å². The van der Waals surface area contributed by atoms with Crippen molar-refractivity contribution in [2.45, 2.75) is 31.5 Å². The molecule has 2 heterocycles. The smallest absolute Gasteiger partial charge is 0.109 e. The molecule has 1 aliphatic heterocycles. The molecule has 106 valence electrons. The summed E-state index contributed by atoms with van der Waals surface area (Å²) >= 11 is 0. The normalized spacial score (nSPS) is 19.6. The van der Waals surface area contributed by atoms with Crippen LogP contribution in [-0.4, -0.2) is 27.4 Å². The van der Waals surface area contributed by atoms with Gasteiger partial charge in [-0.05, 0) is 24.0 Å². The molecule has 1 aromatic heterocycles. The molecular weight excluding hydrogens is 252 g/mol. The Morgan fingerprint density at radius 3 is 3.10 bits per heavy atom. The zero-order chi connectivity index (χ0) is 13.9. The first-order valence-corrected chi connectivity index (χ1v) is 7.09. The molecular formula is C16H20N2O2. The Morgan fingerprint density at radius 2 is 2.30 bits per heavy atom. The van der Waals surface area contributed by atoms with E-state index in [-0.39, 0.29) is 6.10 Å². The number of hydrogen-bond acceptors (Lipinski definition) is 3. The van der Waals surface area contributed by atoms with Crippen LogP contribution in [-0.2, 0) is 24.6 Å². The van der Waals surface area contributed by atoms with Gasteiger partial charge >= 0.3 is 0 Å². The molecule has 1 N–H and O–H groups in total. The van der Waals surface area contributed by atoms with Crippen molar-refractivity contribution in [1.29, 1.82) is 0 Å². The van der Waals surface area contributed by atoms with Gasteiger partial charge in [0.05, 0.1) is 12.7 Å². The summed E-state index contributed by atoms with van der Waals surface area (Å²) in [6.07, 6.45) is 5.35. The SMILES string of the molecule is Cn1ccnc1CCC(O)C1OCCc2ccccc21.